The molecule has 4 rings (SSSR count). The molecule has 4 N–H and O–H groups in total. The van der Waals surface area contributed by atoms with Crippen LogP contribution in [0.3, 0.4) is 0 Å². The van der Waals surface area contributed by atoms with Gasteiger partial charge in [0.1, 0.15) is 11.4 Å². The van der Waals surface area contributed by atoms with Gasteiger partial charge in [-0.25, -0.2) is 14.4 Å². The normalized spacial score (nSPS) is 12.0. The molecular weight excluding hydrogens is 499 g/mol. The van der Waals surface area contributed by atoms with Crippen LogP contribution in [0, 0.1) is 5.82 Å². The molecule has 2 aromatic heterocycles. The van der Waals surface area contributed by atoms with Crippen molar-refractivity contribution < 1.29 is 13.9 Å². The first-order valence-corrected chi connectivity index (χ1v) is 12.6. The summed E-state index contributed by atoms with van der Waals surface area (Å²) in [6.45, 7) is 3.33. The minimum Gasteiger partial charge on any atom is -0.494 e. The monoisotopic (exact) mass is 534 g/mol. The number of rotatable bonds is 11. The molecule has 0 saturated carbocycles. The number of carbonyl (C=O) groups excluding carboxylic acids is 1. The first kappa shape index (κ1) is 27.8. The summed E-state index contributed by atoms with van der Waals surface area (Å²) in [4.78, 5) is 28.7. The molecule has 0 bridgehead atoms. The predicted octanol–water partition coefficient (Wildman–Crippen LogP) is 4.06. The van der Waals surface area contributed by atoms with E-state index in [2.05, 4.69) is 40.7 Å². The van der Waals surface area contributed by atoms with Gasteiger partial charge in [-0.1, -0.05) is 18.2 Å². The second-order valence-corrected chi connectivity index (χ2v) is 9.56. The Hall–Kier alpha value is -4.22. The molecule has 10 nitrogen and oxygen atoms in total. The van der Waals surface area contributed by atoms with Crippen LogP contribution in [0.5, 0.6) is 5.75 Å². The molecule has 0 aliphatic heterocycles. The standard InChI is InChI=1S/C28H35FN8O2/c1-17(30-2)27(38)33-22-13-23(25(39-6)14-24(22)37(5)12-11-36(3)4)34-28-32-16-20(29)26(35-28)19-15-31-21-10-8-7-9-18(19)21/h7-10,13-17,30-31H,11-12H2,1-6H3,(H,33,38)(H,32,34,35)/t17-/m0/s1. The van der Waals surface area contributed by atoms with E-state index in [1.807, 2.05) is 51.5 Å². The summed E-state index contributed by atoms with van der Waals surface area (Å²) < 4.78 is 20.6. The van der Waals surface area contributed by atoms with Crippen LogP contribution < -0.4 is 25.6 Å². The molecule has 2 aromatic carbocycles. The van der Waals surface area contributed by atoms with E-state index in [-0.39, 0.29) is 17.5 Å². The first-order valence-electron chi connectivity index (χ1n) is 12.6. The number of anilines is 4. The van der Waals surface area contributed by atoms with Gasteiger partial charge in [-0.05, 0) is 40.2 Å². The first-order chi connectivity index (χ1) is 18.7. The van der Waals surface area contributed by atoms with Crippen molar-refractivity contribution >= 4 is 39.8 Å². The summed E-state index contributed by atoms with van der Waals surface area (Å²) >= 11 is 0. The van der Waals surface area contributed by atoms with Gasteiger partial charge in [0.2, 0.25) is 11.9 Å². The number of aromatic amines is 1. The van der Waals surface area contributed by atoms with Crippen molar-refractivity contribution in [3.8, 4) is 17.0 Å². The fourth-order valence-electron chi connectivity index (χ4n) is 4.10. The van der Waals surface area contributed by atoms with E-state index in [9.17, 15) is 9.18 Å². The number of likely N-dealkylation sites (N-methyl/N-ethyl adjacent to an activating group) is 3. The summed E-state index contributed by atoms with van der Waals surface area (Å²) in [6, 6.07) is 10.9. The van der Waals surface area contributed by atoms with Crippen molar-refractivity contribution in [3.05, 3.63) is 54.6 Å². The number of benzene rings is 2. The van der Waals surface area contributed by atoms with Crippen LogP contribution in [0.1, 0.15) is 6.92 Å². The molecule has 0 saturated heterocycles. The zero-order valence-corrected chi connectivity index (χ0v) is 23.1. The van der Waals surface area contributed by atoms with Gasteiger partial charge in [-0.2, -0.15) is 0 Å². The van der Waals surface area contributed by atoms with Crippen molar-refractivity contribution in [2.45, 2.75) is 13.0 Å². The van der Waals surface area contributed by atoms with Gasteiger partial charge in [0, 0.05) is 48.9 Å². The van der Waals surface area contributed by atoms with E-state index in [0.717, 1.165) is 35.9 Å². The van der Waals surface area contributed by atoms with E-state index in [4.69, 9.17) is 4.74 Å². The molecule has 0 radical (unpaired) electrons. The molecule has 1 atom stereocenters. The quantitative estimate of drug-likeness (QED) is 0.228. The van der Waals surface area contributed by atoms with Crippen molar-refractivity contribution in [1.29, 1.82) is 0 Å². The largest absolute Gasteiger partial charge is 0.494 e. The lowest BCUT2D eigenvalue weighted by atomic mass is 10.1. The van der Waals surface area contributed by atoms with Crippen molar-refractivity contribution in [1.82, 2.24) is 25.2 Å². The van der Waals surface area contributed by atoms with Gasteiger partial charge in [0.25, 0.3) is 0 Å². The van der Waals surface area contributed by atoms with Crippen LogP contribution in [0.25, 0.3) is 22.2 Å². The van der Waals surface area contributed by atoms with Crippen LogP contribution in [0.4, 0.5) is 27.4 Å². The summed E-state index contributed by atoms with van der Waals surface area (Å²) in [6.07, 6.45) is 2.87. The molecular formula is C28H35FN8O2. The van der Waals surface area contributed by atoms with Crippen molar-refractivity contribution in [3.63, 3.8) is 0 Å². The van der Waals surface area contributed by atoms with Gasteiger partial charge < -0.3 is 35.5 Å². The second-order valence-electron chi connectivity index (χ2n) is 9.56. The fraction of sp³-hybridized carbons (Fsp3) is 0.321. The van der Waals surface area contributed by atoms with Gasteiger partial charge in [-0.15, -0.1) is 0 Å². The van der Waals surface area contributed by atoms with Crippen molar-refractivity contribution in [2.75, 3.05) is 63.9 Å². The average Bonchev–Trinajstić information content (AvgIpc) is 3.36. The number of aromatic nitrogens is 3. The number of nitrogens with zero attached hydrogens (tertiary/aromatic N) is 4. The maximum absolute atomic E-state index is 14.9. The Morgan fingerprint density at radius 2 is 1.92 bits per heavy atom. The van der Waals surface area contributed by atoms with E-state index in [1.54, 1.807) is 33.3 Å². The van der Waals surface area contributed by atoms with Gasteiger partial charge >= 0.3 is 0 Å². The highest BCUT2D eigenvalue weighted by atomic mass is 19.1. The average molecular weight is 535 g/mol. The van der Waals surface area contributed by atoms with E-state index >= 15 is 0 Å². The highest BCUT2D eigenvalue weighted by molar-refractivity contribution is 5.99. The Balaban J connectivity index is 1.73. The smallest absolute Gasteiger partial charge is 0.241 e. The minimum atomic E-state index is -0.538. The van der Waals surface area contributed by atoms with Crippen LogP contribution in [0.2, 0.25) is 0 Å². The molecule has 0 aliphatic rings. The molecule has 1 amide bonds. The van der Waals surface area contributed by atoms with Crippen LogP contribution in [0.15, 0.2) is 48.8 Å². The summed E-state index contributed by atoms with van der Waals surface area (Å²) in [5, 5.41) is 9.98. The topological polar surface area (TPSA) is 110 Å². The highest BCUT2D eigenvalue weighted by Gasteiger charge is 2.20. The number of H-pyrrole nitrogens is 1. The number of carbonyl (C=O) groups is 1. The van der Waals surface area contributed by atoms with Gasteiger partial charge in [0.05, 0.1) is 36.4 Å². The van der Waals surface area contributed by atoms with E-state index in [0.29, 0.717) is 22.7 Å². The lowest BCUT2D eigenvalue weighted by Crippen LogP contribution is -2.36. The van der Waals surface area contributed by atoms with Crippen LogP contribution in [-0.4, -0.2) is 80.2 Å². The molecule has 39 heavy (non-hydrogen) atoms. The third kappa shape index (κ3) is 6.27. The maximum atomic E-state index is 14.9. The number of para-hydroxylation sites is 1. The van der Waals surface area contributed by atoms with Crippen LogP contribution >= 0.6 is 0 Å². The molecule has 11 heteroatoms. The molecule has 0 spiro atoms. The minimum absolute atomic E-state index is 0.167. The summed E-state index contributed by atoms with van der Waals surface area (Å²) in [7, 11) is 9.26. The number of nitrogens with one attached hydrogen (secondary N) is 4. The molecule has 4 aromatic rings. The lowest BCUT2D eigenvalue weighted by molar-refractivity contribution is -0.117. The number of methoxy groups -OCH3 is 1. The second kappa shape index (κ2) is 12.1. The Bertz CT molecular complexity index is 1460. The number of amides is 1. The Morgan fingerprint density at radius 1 is 1.15 bits per heavy atom. The third-order valence-corrected chi connectivity index (χ3v) is 6.53. The number of hydrogen-bond acceptors (Lipinski definition) is 8. The maximum Gasteiger partial charge on any atom is 0.241 e. The van der Waals surface area contributed by atoms with E-state index < -0.39 is 11.9 Å². The molecule has 0 unspecified atom stereocenters. The van der Waals surface area contributed by atoms with Gasteiger partial charge in [0.15, 0.2) is 5.82 Å². The van der Waals surface area contributed by atoms with E-state index in [1.165, 1.54) is 0 Å². The number of hydrogen-bond donors (Lipinski definition) is 4. The number of halogens is 1. The molecule has 206 valence electrons. The highest BCUT2D eigenvalue weighted by Crippen LogP contribution is 2.38. The van der Waals surface area contributed by atoms with Crippen molar-refractivity contribution in [2.24, 2.45) is 0 Å². The lowest BCUT2D eigenvalue weighted by Gasteiger charge is -2.26. The SMILES string of the molecule is CN[C@@H](C)C(=O)Nc1cc(Nc2ncc(F)c(-c3c[nH]c4ccccc34)n2)c(OC)cc1N(C)CCN(C)C. The summed E-state index contributed by atoms with van der Waals surface area (Å²) in [5.41, 5.74) is 3.58. The Morgan fingerprint density at radius 3 is 2.64 bits per heavy atom. The number of fused-ring (bicyclic) bond motifs is 1. The zero-order valence-electron chi connectivity index (χ0n) is 23.1. The summed E-state index contributed by atoms with van der Waals surface area (Å²) in [5.74, 6) is -0.0211. The fourth-order valence-corrected chi connectivity index (χ4v) is 4.10. The third-order valence-electron chi connectivity index (χ3n) is 6.53. The predicted molar refractivity (Wildman–Crippen MR) is 155 cm³/mol. The molecule has 0 fully saturated rings. The Kier molecular flexibility index (Phi) is 8.62. The molecule has 2 heterocycles. The van der Waals surface area contributed by atoms with Gasteiger partial charge in [-0.3, -0.25) is 4.79 Å². The Labute approximate surface area is 227 Å². The van der Waals surface area contributed by atoms with Crippen LogP contribution in [-0.2, 0) is 4.79 Å². The molecule has 0 aliphatic carbocycles. The number of ether oxygens (including phenoxy) is 1. The zero-order chi connectivity index (χ0) is 28.1.